The number of benzene rings is 1. The largest absolute Gasteiger partial charge is 0.375 e. The summed E-state index contributed by atoms with van der Waals surface area (Å²) in [7, 11) is 1.46. The summed E-state index contributed by atoms with van der Waals surface area (Å²) >= 11 is 0. The molecule has 0 radical (unpaired) electrons. The fourth-order valence-electron chi connectivity index (χ4n) is 3.49. The Morgan fingerprint density at radius 3 is 2.79 bits per heavy atom. The van der Waals surface area contributed by atoms with Crippen LogP contribution in [0.15, 0.2) is 34.9 Å². The average molecular weight is 401 g/mol. The fraction of sp³-hybridized carbons (Fsp3) is 0.500. The van der Waals surface area contributed by atoms with Gasteiger partial charge >= 0.3 is 6.03 Å². The van der Waals surface area contributed by atoms with Gasteiger partial charge in [-0.2, -0.15) is 4.98 Å². The minimum Gasteiger partial charge on any atom is -0.375 e. The fourth-order valence-corrected chi connectivity index (χ4v) is 3.49. The van der Waals surface area contributed by atoms with Crippen molar-refractivity contribution < 1.29 is 18.8 Å². The molecule has 9 heteroatoms. The number of urea groups is 1. The van der Waals surface area contributed by atoms with Crippen molar-refractivity contribution in [3.8, 4) is 0 Å². The van der Waals surface area contributed by atoms with Gasteiger partial charge in [0.2, 0.25) is 11.8 Å². The third kappa shape index (κ3) is 5.77. The highest BCUT2D eigenvalue weighted by Crippen LogP contribution is 2.27. The maximum Gasteiger partial charge on any atom is 0.317 e. The summed E-state index contributed by atoms with van der Waals surface area (Å²) in [4.78, 5) is 30.7. The smallest absolute Gasteiger partial charge is 0.317 e. The lowest BCUT2D eigenvalue weighted by Gasteiger charge is -2.37. The van der Waals surface area contributed by atoms with Gasteiger partial charge in [0.15, 0.2) is 5.82 Å². The van der Waals surface area contributed by atoms with E-state index >= 15 is 0 Å². The summed E-state index contributed by atoms with van der Waals surface area (Å²) < 4.78 is 10.2. The van der Waals surface area contributed by atoms with Crippen molar-refractivity contribution in [1.82, 2.24) is 25.7 Å². The Bertz CT molecular complexity index is 810. The Morgan fingerprint density at radius 1 is 1.31 bits per heavy atom. The van der Waals surface area contributed by atoms with Crippen molar-refractivity contribution in [2.75, 3.05) is 33.4 Å². The van der Waals surface area contributed by atoms with E-state index in [1.807, 2.05) is 30.3 Å². The third-order valence-corrected chi connectivity index (χ3v) is 4.92. The molecule has 1 aromatic heterocycles. The normalized spacial score (nSPS) is 19.0. The summed E-state index contributed by atoms with van der Waals surface area (Å²) in [5, 5.41) is 9.74. The van der Waals surface area contributed by atoms with Crippen molar-refractivity contribution >= 4 is 11.9 Å². The average Bonchev–Trinajstić information content (AvgIpc) is 3.15. The van der Waals surface area contributed by atoms with Gasteiger partial charge in [0.05, 0.1) is 12.0 Å². The van der Waals surface area contributed by atoms with Crippen LogP contribution in [0.25, 0.3) is 0 Å². The number of amides is 3. The molecule has 2 N–H and O–H groups in total. The molecule has 156 valence electrons. The lowest BCUT2D eigenvalue weighted by atomic mass is 9.91. The Hall–Kier alpha value is -2.94. The van der Waals surface area contributed by atoms with Gasteiger partial charge in [-0.1, -0.05) is 35.5 Å². The van der Waals surface area contributed by atoms with Crippen molar-refractivity contribution in [1.29, 1.82) is 0 Å². The first-order valence-electron chi connectivity index (χ1n) is 9.72. The van der Waals surface area contributed by atoms with Crippen LogP contribution in [0.1, 0.15) is 29.6 Å². The van der Waals surface area contributed by atoms with Gasteiger partial charge in [-0.25, -0.2) is 4.79 Å². The van der Waals surface area contributed by atoms with Crippen LogP contribution in [0, 0.1) is 6.92 Å². The molecule has 0 spiro atoms. The van der Waals surface area contributed by atoms with Crippen molar-refractivity contribution in [3.63, 3.8) is 0 Å². The zero-order valence-corrected chi connectivity index (χ0v) is 16.8. The number of rotatable bonds is 7. The molecule has 0 saturated carbocycles. The van der Waals surface area contributed by atoms with Gasteiger partial charge in [-0.15, -0.1) is 0 Å². The molecule has 2 aromatic rings. The maximum atomic E-state index is 12.6. The number of ether oxygens (including phenoxy) is 1. The highest BCUT2D eigenvalue weighted by atomic mass is 16.5. The summed E-state index contributed by atoms with van der Waals surface area (Å²) in [6.45, 7) is 3.15. The molecule has 9 nitrogen and oxygen atoms in total. The van der Waals surface area contributed by atoms with Gasteiger partial charge in [0.25, 0.3) is 0 Å². The molecule has 0 unspecified atom stereocenters. The molecular weight excluding hydrogens is 374 g/mol. The highest BCUT2D eigenvalue weighted by molar-refractivity contribution is 5.78. The molecule has 2 heterocycles. The van der Waals surface area contributed by atoms with Gasteiger partial charge in [-0.3, -0.25) is 4.79 Å². The molecule has 0 aliphatic carbocycles. The van der Waals surface area contributed by atoms with E-state index < -0.39 is 0 Å². The summed E-state index contributed by atoms with van der Waals surface area (Å²) in [5.74, 6) is 0.632. The van der Waals surface area contributed by atoms with Gasteiger partial charge in [-0.05, 0) is 25.3 Å². The summed E-state index contributed by atoms with van der Waals surface area (Å²) in [6.07, 6.45) is 1.38. The number of likely N-dealkylation sites (tertiary alicyclic amines) is 1. The number of carbonyl (C=O) groups is 2. The van der Waals surface area contributed by atoms with Crippen molar-refractivity contribution in [3.05, 3.63) is 47.6 Å². The van der Waals surface area contributed by atoms with Crippen LogP contribution < -0.4 is 10.6 Å². The van der Waals surface area contributed by atoms with E-state index in [0.29, 0.717) is 37.8 Å². The number of carbonyl (C=O) groups excluding carboxylic acids is 2. The van der Waals surface area contributed by atoms with Crippen molar-refractivity contribution in [2.45, 2.75) is 31.7 Å². The standard InChI is InChI=1S/C20H27N5O4/c1-14-22-19(29-24-14)16-9-11-25(12-17(16)23-18(26)13-28-2)20(27)21-10-8-15-6-4-3-5-7-15/h3-7,16-17H,8-13H2,1-2H3,(H,21,27)(H,23,26)/t16-,17+/m0/s1. The second-order valence-electron chi connectivity index (χ2n) is 7.10. The zero-order chi connectivity index (χ0) is 20.6. The number of aromatic nitrogens is 2. The van der Waals surface area contributed by atoms with E-state index in [4.69, 9.17) is 9.26 Å². The third-order valence-electron chi connectivity index (χ3n) is 4.92. The first kappa shape index (κ1) is 20.8. The SMILES string of the molecule is COCC(=O)N[C@@H]1CN(C(=O)NCCc2ccccc2)CC[C@@H]1c1nc(C)no1. The van der Waals surface area contributed by atoms with Gasteiger partial charge in [0.1, 0.15) is 6.61 Å². The van der Waals surface area contributed by atoms with E-state index in [2.05, 4.69) is 20.8 Å². The molecule has 1 aromatic carbocycles. The zero-order valence-electron chi connectivity index (χ0n) is 16.8. The first-order valence-corrected chi connectivity index (χ1v) is 9.72. The molecule has 3 rings (SSSR count). The molecule has 1 saturated heterocycles. The predicted molar refractivity (Wildman–Crippen MR) is 105 cm³/mol. The monoisotopic (exact) mass is 401 g/mol. The van der Waals surface area contributed by atoms with E-state index in [1.165, 1.54) is 12.7 Å². The summed E-state index contributed by atoms with van der Waals surface area (Å²) in [5.41, 5.74) is 1.17. The lowest BCUT2D eigenvalue weighted by Crippen LogP contribution is -2.55. The quantitative estimate of drug-likeness (QED) is 0.723. The number of hydrogen-bond acceptors (Lipinski definition) is 6. The molecule has 29 heavy (non-hydrogen) atoms. The van der Waals surface area contributed by atoms with Gasteiger partial charge < -0.3 is 24.8 Å². The minimum absolute atomic E-state index is 0.0463. The number of nitrogens with zero attached hydrogens (tertiary/aromatic N) is 3. The number of nitrogens with one attached hydrogen (secondary N) is 2. The predicted octanol–water partition coefficient (Wildman–Crippen LogP) is 1.25. The molecular formula is C20H27N5O4. The number of aryl methyl sites for hydroxylation is 1. The topological polar surface area (TPSA) is 110 Å². The number of piperidine rings is 1. The Morgan fingerprint density at radius 2 is 2.10 bits per heavy atom. The van der Waals surface area contributed by atoms with Crippen LogP contribution in [-0.4, -0.2) is 66.4 Å². The van der Waals surface area contributed by atoms with E-state index in [1.54, 1.807) is 11.8 Å². The van der Waals surface area contributed by atoms with Crippen LogP contribution in [0.2, 0.25) is 0 Å². The Labute approximate surface area is 169 Å². The van der Waals surface area contributed by atoms with E-state index in [9.17, 15) is 9.59 Å². The lowest BCUT2D eigenvalue weighted by molar-refractivity contribution is -0.126. The van der Waals surface area contributed by atoms with E-state index in [-0.39, 0.29) is 30.5 Å². The number of methoxy groups -OCH3 is 1. The Kier molecular flexibility index (Phi) is 7.18. The van der Waals surface area contributed by atoms with Crippen LogP contribution in [0.4, 0.5) is 4.79 Å². The molecule has 1 aliphatic rings. The van der Waals surface area contributed by atoms with Crippen LogP contribution in [-0.2, 0) is 16.0 Å². The van der Waals surface area contributed by atoms with Crippen molar-refractivity contribution in [2.24, 2.45) is 0 Å². The molecule has 1 fully saturated rings. The van der Waals surface area contributed by atoms with Crippen LogP contribution in [0.5, 0.6) is 0 Å². The molecule has 0 bridgehead atoms. The maximum absolute atomic E-state index is 12.6. The first-order chi connectivity index (χ1) is 14.1. The van der Waals surface area contributed by atoms with Crippen LogP contribution in [0.3, 0.4) is 0 Å². The second-order valence-corrected chi connectivity index (χ2v) is 7.10. The van der Waals surface area contributed by atoms with Gasteiger partial charge in [0, 0.05) is 26.7 Å². The minimum atomic E-state index is -0.328. The Balaban J connectivity index is 1.59. The molecule has 2 atom stereocenters. The molecule has 1 aliphatic heterocycles. The second kappa shape index (κ2) is 10.0. The van der Waals surface area contributed by atoms with Crippen LogP contribution >= 0.6 is 0 Å². The number of hydrogen-bond donors (Lipinski definition) is 2. The molecule has 3 amide bonds. The van der Waals surface area contributed by atoms with E-state index in [0.717, 1.165) is 6.42 Å². The summed E-state index contributed by atoms with van der Waals surface area (Å²) in [6, 6.07) is 9.52. The highest BCUT2D eigenvalue weighted by Gasteiger charge is 2.36.